The van der Waals surface area contributed by atoms with Crippen LogP contribution in [0.5, 0.6) is 5.75 Å². The zero-order chi connectivity index (χ0) is 20.5. The smallest absolute Gasteiger partial charge is 0.406 e. The zero-order valence-electron chi connectivity index (χ0n) is 15.1. The first kappa shape index (κ1) is 19.4. The molecule has 3 rings (SSSR count). The minimum absolute atomic E-state index is 0.000377. The fourth-order valence-corrected chi connectivity index (χ4v) is 2.57. The van der Waals surface area contributed by atoms with Crippen LogP contribution in [0.3, 0.4) is 0 Å². The van der Waals surface area contributed by atoms with E-state index in [1.807, 2.05) is 6.92 Å². The molecule has 0 atom stereocenters. The summed E-state index contributed by atoms with van der Waals surface area (Å²) in [5, 5.41) is 10.7. The molecule has 3 aromatic rings. The maximum atomic E-state index is 12.4. The van der Waals surface area contributed by atoms with Crippen LogP contribution in [0.2, 0.25) is 0 Å². The number of rotatable bonds is 6. The van der Waals surface area contributed by atoms with Gasteiger partial charge in [0.15, 0.2) is 5.82 Å². The lowest BCUT2D eigenvalue weighted by molar-refractivity contribution is -0.274. The Morgan fingerprint density at radius 1 is 1.32 bits per heavy atom. The Morgan fingerprint density at radius 2 is 2.07 bits per heavy atom. The molecule has 0 radical (unpaired) electrons. The zero-order valence-corrected chi connectivity index (χ0v) is 15.1. The Labute approximate surface area is 158 Å². The Kier molecular flexibility index (Phi) is 5.10. The van der Waals surface area contributed by atoms with Gasteiger partial charge in [-0.1, -0.05) is 6.92 Å². The number of nitrogens with zero attached hydrogens (tertiary/aromatic N) is 3. The van der Waals surface area contributed by atoms with E-state index in [0.717, 1.165) is 0 Å². The van der Waals surface area contributed by atoms with Gasteiger partial charge in [0.05, 0.1) is 17.0 Å². The quantitative estimate of drug-likeness (QED) is 0.378. The monoisotopic (exact) mass is 393 g/mol. The molecule has 8 nitrogen and oxygen atoms in total. The van der Waals surface area contributed by atoms with Crippen molar-refractivity contribution in [3.8, 4) is 5.75 Å². The predicted octanol–water partition coefficient (Wildman–Crippen LogP) is 3.13. The third kappa shape index (κ3) is 4.14. The number of anilines is 2. The van der Waals surface area contributed by atoms with E-state index in [4.69, 9.17) is 11.1 Å². The van der Waals surface area contributed by atoms with Crippen molar-refractivity contribution in [3.63, 3.8) is 0 Å². The molecule has 1 aromatic carbocycles. The van der Waals surface area contributed by atoms with Crippen molar-refractivity contribution in [2.75, 3.05) is 24.8 Å². The fourth-order valence-electron chi connectivity index (χ4n) is 2.57. The number of aromatic nitrogens is 3. The lowest BCUT2D eigenvalue weighted by Gasteiger charge is -2.19. The number of benzene rings is 1. The molecule has 148 valence electrons. The lowest BCUT2D eigenvalue weighted by Crippen LogP contribution is -2.27. The first-order valence-corrected chi connectivity index (χ1v) is 8.24. The predicted molar refractivity (Wildman–Crippen MR) is 99.3 cm³/mol. The van der Waals surface area contributed by atoms with Crippen molar-refractivity contribution in [2.24, 2.45) is 0 Å². The number of hydrogen-bond acceptors (Lipinski definition) is 7. The summed E-state index contributed by atoms with van der Waals surface area (Å²) in [6.07, 6.45) is -3.49. The Morgan fingerprint density at radius 3 is 2.75 bits per heavy atom. The van der Waals surface area contributed by atoms with Crippen molar-refractivity contribution in [1.82, 2.24) is 20.0 Å². The van der Waals surface area contributed by atoms with Crippen LogP contribution >= 0.6 is 0 Å². The second-order valence-corrected chi connectivity index (χ2v) is 5.96. The molecule has 2 heterocycles. The Bertz CT molecular complexity index is 1020. The number of hydrogen-bond donors (Lipinski definition) is 4. The molecule has 0 aliphatic heterocycles. The molecule has 28 heavy (non-hydrogen) atoms. The first-order valence-electron chi connectivity index (χ1n) is 8.24. The van der Waals surface area contributed by atoms with Gasteiger partial charge in [0, 0.05) is 24.5 Å². The molecular formula is C17H18F3N7O. The van der Waals surface area contributed by atoms with Crippen LogP contribution in [0.25, 0.3) is 10.9 Å². The number of halogens is 3. The van der Waals surface area contributed by atoms with Crippen molar-refractivity contribution < 1.29 is 17.9 Å². The number of hydrazine groups is 1. The van der Waals surface area contributed by atoms with E-state index in [1.54, 1.807) is 18.1 Å². The fraction of sp³-hybridized carbons (Fsp3) is 0.235. The van der Waals surface area contributed by atoms with E-state index in [9.17, 15) is 13.2 Å². The highest BCUT2D eigenvalue weighted by Gasteiger charge is 2.31. The number of H-pyrrole nitrogens is 1. The molecule has 0 fully saturated rings. The van der Waals surface area contributed by atoms with Crippen LogP contribution in [-0.2, 0) is 0 Å². The van der Waals surface area contributed by atoms with Gasteiger partial charge in [0.25, 0.3) is 0 Å². The van der Waals surface area contributed by atoms with Crippen LogP contribution in [0.15, 0.2) is 30.6 Å². The average Bonchev–Trinajstić information content (AvgIpc) is 3.03. The number of fused-ring (bicyclic) bond motifs is 1. The van der Waals surface area contributed by atoms with Gasteiger partial charge in [-0.05, 0) is 24.3 Å². The van der Waals surface area contributed by atoms with Crippen LogP contribution in [0.1, 0.15) is 18.2 Å². The van der Waals surface area contributed by atoms with E-state index in [2.05, 4.69) is 25.1 Å². The van der Waals surface area contributed by atoms with Gasteiger partial charge in [-0.25, -0.2) is 15.0 Å². The second-order valence-electron chi connectivity index (χ2n) is 5.96. The number of nitrogens with one attached hydrogen (secondary N) is 3. The molecule has 0 saturated carbocycles. The number of nitrogen functional groups attached to an aromatic ring is 1. The van der Waals surface area contributed by atoms with Crippen molar-refractivity contribution in [2.45, 2.75) is 13.3 Å². The molecule has 0 amide bonds. The topological polar surface area (TPSA) is 116 Å². The van der Waals surface area contributed by atoms with Crippen molar-refractivity contribution in [3.05, 3.63) is 41.9 Å². The van der Waals surface area contributed by atoms with Gasteiger partial charge in [-0.15, -0.1) is 13.2 Å². The SMILES string of the molecule is CCN(C)Nc1ncnc(N)c1C(=N)c1cc2cc(OC(F)(F)F)ccc2[nH]1. The van der Waals surface area contributed by atoms with Gasteiger partial charge in [-0.3, -0.25) is 5.41 Å². The summed E-state index contributed by atoms with van der Waals surface area (Å²) in [7, 11) is 1.80. The first-order chi connectivity index (χ1) is 13.2. The maximum Gasteiger partial charge on any atom is 0.573 e. The number of alkyl halides is 3. The maximum absolute atomic E-state index is 12.4. The van der Waals surface area contributed by atoms with E-state index >= 15 is 0 Å². The van der Waals surface area contributed by atoms with Gasteiger partial charge < -0.3 is 20.9 Å². The van der Waals surface area contributed by atoms with Gasteiger partial charge in [0.2, 0.25) is 0 Å². The summed E-state index contributed by atoms with van der Waals surface area (Å²) < 4.78 is 41.2. The van der Waals surface area contributed by atoms with Crippen LogP contribution in [-0.4, -0.2) is 45.6 Å². The Hall–Kier alpha value is -3.34. The second kappa shape index (κ2) is 7.35. The molecule has 0 unspecified atom stereocenters. The van der Waals surface area contributed by atoms with E-state index < -0.39 is 6.36 Å². The van der Waals surface area contributed by atoms with Gasteiger partial charge >= 0.3 is 6.36 Å². The highest BCUT2D eigenvalue weighted by molar-refractivity contribution is 6.16. The number of ether oxygens (including phenoxy) is 1. The average molecular weight is 393 g/mol. The van der Waals surface area contributed by atoms with Gasteiger partial charge in [0.1, 0.15) is 17.9 Å². The molecule has 0 bridgehead atoms. The van der Waals surface area contributed by atoms with Crippen molar-refractivity contribution >= 4 is 28.3 Å². The van der Waals surface area contributed by atoms with E-state index in [1.165, 1.54) is 24.5 Å². The third-order valence-corrected chi connectivity index (χ3v) is 3.99. The normalized spacial score (nSPS) is 11.8. The summed E-state index contributed by atoms with van der Waals surface area (Å²) in [4.78, 5) is 11.1. The standard InChI is InChI=1S/C17H18F3N7O/c1-3-27(2)26-16-13(15(22)23-8-24-16)14(21)12-7-9-6-10(28-17(18,19)20)4-5-11(9)25-12/h4-8,21,25H,3H2,1-2H3,(H3,22,23,24,26). The highest BCUT2D eigenvalue weighted by Crippen LogP contribution is 2.28. The summed E-state index contributed by atoms with van der Waals surface area (Å²) in [6, 6.07) is 5.43. The molecule has 2 aromatic heterocycles. The molecule has 11 heteroatoms. The number of aromatic amines is 1. The molecule has 5 N–H and O–H groups in total. The van der Waals surface area contributed by atoms with Crippen LogP contribution in [0.4, 0.5) is 24.8 Å². The van der Waals surface area contributed by atoms with Gasteiger partial charge in [-0.2, -0.15) is 0 Å². The van der Waals surface area contributed by atoms with E-state index in [0.29, 0.717) is 29.0 Å². The molecule has 0 aliphatic carbocycles. The minimum Gasteiger partial charge on any atom is -0.406 e. The number of nitrogens with two attached hydrogens (primary N) is 1. The summed E-state index contributed by atoms with van der Waals surface area (Å²) >= 11 is 0. The highest BCUT2D eigenvalue weighted by atomic mass is 19.4. The molecular weight excluding hydrogens is 375 g/mol. The minimum atomic E-state index is -4.78. The molecule has 0 aliphatic rings. The van der Waals surface area contributed by atoms with Crippen LogP contribution in [0, 0.1) is 5.41 Å². The van der Waals surface area contributed by atoms with E-state index in [-0.39, 0.29) is 22.8 Å². The Balaban J connectivity index is 1.98. The van der Waals surface area contributed by atoms with Crippen molar-refractivity contribution in [1.29, 1.82) is 5.41 Å². The lowest BCUT2D eigenvalue weighted by atomic mass is 10.1. The molecule has 0 spiro atoms. The molecule has 0 saturated heterocycles. The summed E-state index contributed by atoms with van der Waals surface area (Å²) in [5.74, 6) is 0.111. The largest absolute Gasteiger partial charge is 0.573 e. The summed E-state index contributed by atoms with van der Waals surface area (Å²) in [6.45, 7) is 2.60. The summed E-state index contributed by atoms with van der Waals surface area (Å²) in [5.41, 5.74) is 10.2. The van der Waals surface area contributed by atoms with Crippen LogP contribution < -0.4 is 15.9 Å². The third-order valence-electron chi connectivity index (χ3n) is 3.99.